The Labute approximate surface area is 155 Å². The fourth-order valence-corrected chi connectivity index (χ4v) is 3.81. The average Bonchev–Trinajstić information content (AvgIpc) is 2.64. The first-order valence-electron chi connectivity index (χ1n) is 8.50. The lowest BCUT2D eigenvalue weighted by Gasteiger charge is -2.10. The molecule has 0 aliphatic carbocycles. The van der Waals surface area contributed by atoms with Crippen LogP contribution in [-0.2, 0) is 16.4 Å². The summed E-state index contributed by atoms with van der Waals surface area (Å²) in [5.74, 6) is 0. The van der Waals surface area contributed by atoms with E-state index in [1.54, 1.807) is 30.3 Å². The van der Waals surface area contributed by atoms with Crippen molar-refractivity contribution in [1.29, 1.82) is 0 Å². The predicted octanol–water partition coefficient (Wildman–Crippen LogP) is 4.45. The molecule has 4 nitrogen and oxygen atoms in total. The first-order chi connectivity index (χ1) is 12.5. The molecule has 3 aromatic carbocycles. The summed E-state index contributed by atoms with van der Waals surface area (Å²) < 4.78 is 27.5. The lowest BCUT2D eigenvalue weighted by molar-refractivity contribution is 0.601. The minimum absolute atomic E-state index is 0.266. The summed E-state index contributed by atoms with van der Waals surface area (Å²) >= 11 is 0. The molecule has 0 aliphatic rings. The third kappa shape index (κ3) is 4.86. The summed E-state index contributed by atoms with van der Waals surface area (Å²) in [4.78, 5) is 0.266. The zero-order valence-electron chi connectivity index (χ0n) is 14.6. The van der Waals surface area contributed by atoms with Gasteiger partial charge in [-0.2, -0.15) is 0 Å². The lowest BCUT2D eigenvalue weighted by Crippen LogP contribution is -2.13. The van der Waals surface area contributed by atoms with E-state index in [2.05, 4.69) is 22.2 Å². The molecule has 0 fully saturated rings. The van der Waals surface area contributed by atoms with Gasteiger partial charge in [-0.25, -0.2) is 8.42 Å². The number of aryl methyl sites for hydroxylation is 1. The highest BCUT2D eigenvalue weighted by Gasteiger charge is 2.13. The number of anilines is 2. The Hall–Kier alpha value is -2.79. The highest BCUT2D eigenvalue weighted by atomic mass is 32.2. The zero-order chi connectivity index (χ0) is 18.4. The molecule has 26 heavy (non-hydrogen) atoms. The van der Waals surface area contributed by atoms with E-state index in [4.69, 9.17) is 0 Å². The van der Waals surface area contributed by atoms with Gasteiger partial charge in [0.1, 0.15) is 0 Å². The highest BCUT2D eigenvalue weighted by molar-refractivity contribution is 7.92. The second-order valence-electron chi connectivity index (χ2n) is 6.16. The van der Waals surface area contributed by atoms with E-state index in [1.807, 2.05) is 43.3 Å². The molecule has 0 spiro atoms. The van der Waals surface area contributed by atoms with E-state index < -0.39 is 10.0 Å². The molecule has 0 unspecified atom stereocenters. The number of nitrogens with one attached hydrogen (secondary N) is 2. The third-order valence-electron chi connectivity index (χ3n) is 4.02. The van der Waals surface area contributed by atoms with Crippen molar-refractivity contribution in [3.8, 4) is 0 Å². The van der Waals surface area contributed by atoms with E-state index >= 15 is 0 Å². The predicted molar refractivity (Wildman–Crippen MR) is 107 cm³/mol. The standard InChI is InChI=1S/C21H22N2O2S/c1-17-6-5-9-21(16-17)26(24,25)23-20-12-10-19(11-13-20)22-15-14-18-7-3-2-4-8-18/h2-13,16,22-23H,14-15H2,1H3. The first kappa shape index (κ1) is 18.0. The molecule has 0 heterocycles. The molecule has 0 atom stereocenters. The van der Waals surface area contributed by atoms with Crippen LogP contribution in [-0.4, -0.2) is 15.0 Å². The van der Waals surface area contributed by atoms with Crippen molar-refractivity contribution in [2.75, 3.05) is 16.6 Å². The van der Waals surface area contributed by atoms with Crippen molar-refractivity contribution in [2.24, 2.45) is 0 Å². The van der Waals surface area contributed by atoms with Crippen molar-refractivity contribution in [3.63, 3.8) is 0 Å². The van der Waals surface area contributed by atoms with Gasteiger partial charge in [-0.05, 0) is 60.9 Å². The minimum atomic E-state index is -3.57. The molecule has 0 amide bonds. The number of sulfonamides is 1. The molecule has 0 saturated carbocycles. The van der Waals surface area contributed by atoms with E-state index in [9.17, 15) is 8.42 Å². The molecule has 3 aromatic rings. The normalized spacial score (nSPS) is 11.1. The van der Waals surface area contributed by atoms with Gasteiger partial charge >= 0.3 is 0 Å². The summed E-state index contributed by atoms with van der Waals surface area (Å²) in [5, 5.41) is 3.35. The molecular weight excluding hydrogens is 344 g/mol. The topological polar surface area (TPSA) is 58.2 Å². The molecule has 0 aliphatic heterocycles. The SMILES string of the molecule is Cc1cccc(S(=O)(=O)Nc2ccc(NCCc3ccccc3)cc2)c1. The molecule has 134 valence electrons. The summed E-state index contributed by atoms with van der Waals surface area (Å²) in [6.07, 6.45) is 0.933. The van der Waals surface area contributed by atoms with Crippen LogP contribution in [0.2, 0.25) is 0 Å². The van der Waals surface area contributed by atoms with Gasteiger partial charge in [-0.1, -0.05) is 42.5 Å². The molecule has 0 radical (unpaired) electrons. The molecule has 2 N–H and O–H groups in total. The van der Waals surface area contributed by atoms with Crippen molar-refractivity contribution in [1.82, 2.24) is 0 Å². The van der Waals surface area contributed by atoms with Crippen molar-refractivity contribution in [2.45, 2.75) is 18.2 Å². The zero-order valence-corrected chi connectivity index (χ0v) is 15.5. The van der Waals surface area contributed by atoms with E-state index in [0.29, 0.717) is 5.69 Å². The van der Waals surface area contributed by atoms with Crippen LogP contribution in [0.4, 0.5) is 11.4 Å². The Bertz CT molecular complexity index is 953. The van der Waals surface area contributed by atoms with Crippen molar-refractivity contribution < 1.29 is 8.42 Å². The lowest BCUT2D eigenvalue weighted by atomic mass is 10.1. The van der Waals surface area contributed by atoms with Crippen LogP contribution >= 0.6 is 0 Å². The van der Waals surface area contributed by atoms with Gasteiger partial charge in [-0.3, -0.25) is 4.72 Å². The molecule has 0 bridgehead atoms. The number of hydrogen-bond donors (Lipinski definition) is 2. The minimum Gasteiger partial charge on any atom is -0.385 e. The Morgan fingerprint density at radius 1 is 0.808 bits per heavy atom. The fraction of sp³-hybridized carbons (Fsp3) is 0.143. The molecule has 3 rings (SSSR count). The molecule has 5 heteroatoms. The van der Waals surface area contributed by atoms with E-state index in [1.165, 1.54) is 5.56 Å². The summed E-state index contributed by atoms with van der Waals surface area (Å²) in [7, 11) is -3.57. The second kappa shape index (κ2) is 8.06. The molecule has 0 aromatic heterocycles. The summed E-state index contributed by atoms with van der Waals surface area (Å²) in [6.45, 7) is 2.69. The maximum Gasteiger partial charge on any atom is 0.261 e. The quantitative estimate of drug-likeness (QED) is 0.649. The maximum absolute atomic E-state index is 12.4. The maximum atomic E-state index is 12.4. The third-order valence-corrected chi connectivity index (χ3v) is 5.40. The van der Waals surface area contributed by atoms with Crippen LogP contribution in [0.5, 0.6) is 0 Å². The van der Waals surface area contributed by atoms with Crippen molar-refractivity contribution in [3.05, 3.63) is 90.0 Å². The monoisotopic (exact) mass is 366 g/mol. The van der Waals surface area contributed by atoms with Gasteiger partial charge < -0.3 is 5.32 Å². The smallest absolute Gasteiger partial charge is 0.261 e. The number of benzene rings is 3. The van der Waals surface area contributed by atoms with Gasteiger partial charge in [0.05, 0.1) is 4.90 Å². The fourth-order valence-electron chi connectivity index (χ4n) is 2.65. The van der Waals surface area contributed by atoms with Crippen LogP contribution in [0.1, 0.15) is 11.1 Å². The average molecular weight is 366 g/mol. The van der Waals surface area contributed by atoms with Crippen LogP contribution in [0.3, 0.4) is 0 Å². The highest BCUT2D eigenvalue weighted by Crippen LogP contribution is 2.19. The summed E-state index contributed by atoms with van der Waals surface area (Å²) in [6, 6.07) is 24.4. The van der Waals surface area contributed by atoms with Crippen LogP contribution < -0.4 is 10.0 Å². The molecule has 0 saturated heterocycles. The Kier molecular flexibility index (Phi) is 5.58. The number of hydrogen-bond acceptors (Lipinski definition) is 3. The Morgan fingerprint density at radius 3 is 2.19 bits per heavy atom. The number of rotatable bonds is 7. The van der Waals surface area contributed by atoms with Gasteiger partial charge in [0, 0.05) is 17.9 Å². The van der Waals surface area contributed by atoms with Crippen LogP contribution in [0.25, 0.3) is 0 Å². The van der Waals surface area contributed by atoms with Crippen LogP contribution in [0.15, 0.2) is 83.8 Å². The van der Waals surface area contributed by atoms with Crippen LogP contribution in [0, 0.1) is 6.92 Å². The largest absolute Gasteiger partial charge is 0.385 e. The van der Waals surface area contributed by atoms with E-state index in [-0.39, 0.29) is 4.90 Å². The van der Waals surface area contributed by atoms with Crippen molar-refractivity contribution >= 4 is 21.4 Å². The Morgan fingerprint density at radius 2 is 1.50 bits per heavy atom. The van der Waals surface area contributed by atoms with E-state index in [0.717, 1.165) is 24.2 Å². The summed E-state index contributed by atoms with van der Waals surface area (Å²) in [5.41, 5.74) is 3.69. The Balaban J connectivity index is 1.59. The second-order valence-corrected chi connectivity index (χ2v) is 7.84. The van der Waals surface area contributed by atoms with Gasteiger partial charge in [-0.15, -0.1) is 0 Å². The van der Waals surface area contributed by atoms with Gasteiger partial charge in [0.25, 0.3) is 10.0 Å². The van der Waals surface area contributed by atoms with Gasteiger partial charge in [0.15, 0.2) is 0 Å². The van der Waals surface area contributed by atoms with Gasteiger partial charge in [0.2, 0.25) is 0 Å². The molecular formula is C21H22N2O2S. The first-order valence-corrected chi connectivity index (χ1v) is 9.99.